The number of halogens is 9. The molecule has 6 aliphatic carbocycles. The van der Waals surface area contributed by atoms with Gasteiger partial charge in [0, 0.05) is 33.1 Å². The van der Waals surface area contributed by atoms with E-state index in [9.17, 15) is 123 Å². The monoisotopic (exact) mass is 1720 g/mol. The zero-order valence-electron chi connectivity index (χ0n) is 67.2. The predicted molar refractivity (Wildman–Crippen MR) is 422 cm³/mol. The van der Waals surface area contributed by atoms with Gasteiger partial charge in [0.1, 0.15) is 0 Å². The van der Waals surface area contributed by atoms with E-state index in [0.717, 1.165) is 90.9 Å². The average molecular weight is 1720 g/mol. The maximum absolute atomic E-state index is 13.0. The molecule has 116 heavy (non-hydrogen) atoms. The van der Waals surface area contributed by atoms with Gasteiger partial charge in [-0.15, -0.1) is 0 Å². The van der Waals surface area contributed by atoms with Gasteiger partial charge in [-0.2, -0.15) is 26.3 Å². The van der Waals surface area contributed by atoms with Gasteiger partial charge < -0.3 is 58.5 Å². The first-order valence-corrected chi connectivity index (χ1v) is 42.8. The fourth-order valence-electron chi connectivity index (χ4n) is 12.3. The Morgan fingerprint density at radius 2 is 0.509 bits per heavy atom. The molecule has 6 aromatic carbocycles. The second-order valence-corrected chi connectivity index (χ2v) is 35.5. The summed E-state index contributed by atoms with van der Waals surface area (Å²) in [6, 6.07) is 45.6. The van der Waals surface area contributed by atoms with Gasteiger partial charge in [0.2, 0.25) is 0 Å². The van der Waals surface area contributed by atoms with E-state index in [4.69, 9.17) is 0 Å². The fourth-order valence-corrected chi connectivity index (χ4v) is 13.6. The molecule has 3 atom stereocenters. The maximum Gasteiger partial charge on any atom is 0.364 e. The number of ether oxygens (including phenoxy) is 3. The van der Waals surface area contributed by atoms with Crippen LogP contribution in [0.15, 0.2) is 140 Å². The molecule has 0 radical (unpaired) electrons. The molecule has 21 nitrogen and oxygen atoms in total. The number of hydrogen-bond acceptors (Lipinski definition) is 21. The maximum atomic E-state index is 13.0. The first-order chi connectivity index (χ1) is 53.5. The van der Waals surface area contributed by atoms with Crippen molar-refractivity contribution in [2.75, 3.05) is 19.8 Å². The number of esters is 3. The summed E-state index contributed by atoms with van der Waals surface area (Å²) in [6.45, 7) is 11.2. The van der Waals surface area contributed by atoms with E-state index in [-0.39, 0.29) is 39.2 Å². The molecule has 3 unspecified atom stereocenters. The molecule has 0 spiro atoms. The van der Waals surface area contributed by atoms with E-state index in [1.807, 2.05) is 41.5 Å². The van der Waals surface area contributed by atoms with Gasteiger partial charge in [-0.05, 0) is 175 Å². The minimum atomic E-state index is -6.10. The first-order valence-electron chi connectivity index (χ1n) is 38.5. The number of aliphatic hydroxyl groups is 6. The summed E-state index contributed by atoms with van der Waals surface area (Å²) >= 11 is 0. The van der Waals surface area contributed by atoms with Crippen molar-refractivity contribution in [3.63, 3.8) is 0 Å². The quantitative estimate of drug-likeness (QED) is 0.0172. The van der Waals surface area contributed by atoms with Crippen LogP contribution in [-0.2, 0) is 54.2 Å². The largest absolute Gasteiger partial charge is 0.743 e. The SMILES string of the molecule is CC(=O)OCCC(F)C(F)(F)S(=O)(=O)[O-].CC(=O)OCCC(F)C(F)(F)S(=O)(=O)[O-].CC1(O)CCCC1.CC1(O)CCCC1.CC1(O)CCCC1.CC1(O)CCCC1.CC1(O)CCCC1.CC1(O)CCCC1.O=C(OCCC(F)C(F)(F)S(=O)(=O)[O-])c1ccccc1.c1ccc2cc3ccccc3cc2c1.c1ccc2ccccc2c1. The smallest absolute Gasteiger partial charge is 0.364 e. The molecule has 658 valence electrons. The second-order valence-electron chi connectivity index (χ2n) is 31.1. The lowest BCUT2D eigenvalue weighted by Crippen LogP contribution is -2.39. The van der Waals surface area contributed by atoms with Crippen LogP contribution < -0.4 is 0 Å². The Labute approximate surface area is 676 Å². The highest BCUT2D eigenvalue weighted by Crippen LogP contribution is 2.35. The zero-order chi connectivity index (χ0) is 88.1. The predicted octanol–water partition coefficient (Wildman–Crippen LogP) is 17.2. The van der Waals surface area contributed by atoms with E-state index in [1.54, 1.807) is 6.07 Å². The molecule has 6 saturated carbocycles. The van der Waals surface area contributed by atoms with Crippen LogP contribution in [0.3, 0.4) is 0 Å². The summed E-state index contributed by atoms with van der Waals surface area (Å²) in [6.07, 6.45) is 13.8. The Morgan fingerprint density at radius 3 is 0.672 bits per heavy atom. The van der Waals surface area contributed by atoms with Crippen LogP contribution in [0.5, 0.6) is 0 Å². The summed E-state index contributed by atoms with van der Waals surface area (Å²) < 4.78 is 216. The van der Waals surface area contributed by atoms with Gasteiger partial charge in [0.05, 0.1) is 59.0 Å². The molecule has 6 aliphatic rings. The van der Waals surface area contributed by atoms with Crippen molar-refractivity contribution < 1.29 is 138 Å². The van der Waals surface area contributed by atoms with E-state index >= 15 is 0 Å². The van der Waals surface area contributed by atoms with E-state index in [2.05, 4.69) is 123 Å². The number of carbonyl (C=O) groups is 3. The molecule has 6 N–H and O–H groups in total. The lowest BCUT2D eigenvalue weighted by Gasteiger charge is -2.23. The highest BCUT2D eigenvalue weighted by atomic mass is 32.2. The number of hydrogen-bond donors (Lipinski definition) is 6. The van der Waals surface area contributed by atoms with Crippen molar-refractivity contribution in [3.8, 4) is 0 Å². The van der Waals surface area contributed by atoms with Gasteiger partial charge in [0.25, 0.3) is 0 Å². The average Bonchev–Trinajstić information content (AvgIpc) is 0.962. The van der Waals surface area contributed by atoms with Crippen LogP contribution in [0.4, 0.5) is 39.5 Å². The van der Waals surface area contributed by atoms with Crippen molar-refractivity contribution in [2.45, 2.75) is 297 Å². The van der Waals surface area contributed by atoms with Gasteiger partial charge in [-0.1, -0.05) is 192 Å². The molecule has 0 aromatic heterocycles. The molecule has 6 fully saturated rings. The number of fused-ring (bicyclic) bond motifs is 3. The van der Waals surface area contributed by atoms with Crippen molar-refractivity contribution in [2.24, 2.45) is 0 Å². The number of rotatable bonds is 16. The lowest BCUT2D eigenvalue weighted by atomic mass is 10.0. The highest BCUT2D eigenvalue weighted by Gasteiger charge is 2.49. The van der Waals surface area contributed by atoms with Crippen molar-refractivity contribution >= 4 is 80.6 Å². The third kappa shape index (κ3) is 41.9. The lowest BCUT2D eigenvalue weighted by molar-refractivity contribution is -0.143. The Kier molecular flexibility index (Phi) is 44.2. The van der Waals surface area contributed by atoms with Crippen molar-refractivity contribution in [3.05, 3.63) is 145 Å². The topological polar surface area (TPSA) is 372 Å². The van der Waals surface area contributed by atoms with Crippen molar-refractivity contribution in [1.82, 2.24) is 0 Å². The van der Waals surface area contributed by atoms with Crippen LogP contribution in [0.1, 0.15) is 239 Å². The minimum Gasteiger partial charge on any atom is -0.743 e. The summed E-state index contributed by atoms with van der Waals surface area (Å²) in [4.78, 5) is 31.7. The molecular formula is C83H116F9O21S3-3. The van der Waals surface area contributed by atoms with E-state index < -0.39 is 122 Å². The summed E-state index contributed by atoms with van der Waals surface area (Å²) in [7, 11) is -18.2. The summed E-state index contributed by atoms with van der Waals surface area (Å²) in [5.74, 6) is -2.52. The van der Waals surface area contributed by atoms with Gasteiger partial charge >= 0.3 is 33.7 Å². The number of benzene rings is 6. The Hall–Kier alpha value is -6.63. The number of alkyl halides is 9. The summed E-state index contributed by atoms with van der Waals surface area (Å²) in [5.41, 5.74) is -1.70. The molecule has 12 rings (SSSR count). The number of carbonyl (C=O) groups excluding carboxylic acids is 3. The standard InChI is InChI=1S/C14H10.C11H11F3O5S.C10H8.2C6H9F3O5S.6C6H12O/c1-2-6-12-10-14-8-4-3-7-13(14)9-11(12)5-1;12-9(11(13,14)20(16,17)18)6-7-19-10(15)8-4-2-1-3-5-8;1-2-6-10-8-4-3-7-9(10)5-1;2*1-4(10)14-3-2-5(7)6(8,9)15(11,12)13;6*1-6(7)4-2-3-5-6/h1-10H;1-5,9H,6-7H2,(H,16,17,18);1-8H;2*5H,2-3H2,1H3,(H,11,12,13);6*7H,2-5H2,1H3/p-3. The highest BCUT2D eigenvalue weighted by molar-refractivity contribution is 7.87. The normalized spacial score (nSPS) is 18.6. The summed E-state index contributed by atoms with van der Waals surface area (Å²) in [5, 5.41) is 48.0. The van der Waals surface area contributed by atoms with Crippen LogP contribution in [0.2, 0.25) is 0 Å². The van der Waals surface area contributed by atoms with Crippen LogP contribution in [0, 0.1) is 0 Å². The van der Waals surface area contributed by atoms with Gasteiger partial charge in [-0.25, -0.2) is 43.2 Å². The van der Waals surface area contributed by atoms with Crippen LogP contribution in [0.25, 0.3) is 32.3 Å². The molecule has 0 aliphatic heterocycles. The Morgan fingerprint density at radius 1 is 0.336 bits per heavy atom. The molecule has 6 aromatic rings. The zero-order valence-corrected chi connectivity index (χ0v) is 69.6. The first kappa shape index (κ1) is 105. The Balaban J connectivity index is 0.000000441. The third-order valence-electron chi connectivity index (χ3n) is 19.4. The molecular weight excluding hydrogens is 1600 g/mol. The minimum absolute atomic E-state index is 0.131. The van der Waals surface area contributed by atoms with E-state index in [1.165, 1.54) is 134 Å². The van der Waals surface area contributed by atoms with Gasteiger partial charge in [-0.3, -0.25) is 9.59 Å². The van der Waals surface area contributed by atoms with Crippen molar-refractivity contribution in [1.29, 1.82) is 0 Å². The van der Waals surface area contributed by atoms with Crippen LogP contribution in [-0.4, -0.2) is 175 Å². The molecule has 0 heterocycles. The Bertz CT molecular complexity index is 3810. The fraction of sp³-hybridized carbons (Fsp3) is 0.602. The molecule has 0 amide bonds. The van der Waals surface area contributed by atoms with Crippen LogP contribution >= 0.6 is 0 Å². The van der Waals surface area contributed by atoms with Gasteiger partial charge in [0.15, 0.2) is 48.9 Å². The third-order valence-corrected chi connectivity index (χ3v) is 22.2. The second kappa shape index (κ2) is 48.6. The molecule has 33 heteroatoms. The molecule has 0 bridgehead atoms. The molecule has 0 saturated heterocycles. The van der Waals surface area contributed by atoms with E-state index in [0.29, 0.717) is 0 Å².